The summed E-state index contributed by atoms with van der Waals surface area (Å²) in [5, 5.41) is 3.61. The summed E-state index contributed by atoms with van der Waals surface area (Å²) in [6.07, 6.45) is 1.46. The number of morpholine rings is 1. The predicted octanol–water partition coefficient (Wildman–Crippen LogP) is 3.23. The molecule has 0 bridgehead atoms. The van der Waals surface area contributed by atoms with Gasteiger partial charge in [-0.15, -0.1) is 0 Å². The van der Waals surface area contributed by atoms with E-state index >= 15 is 0 Å². The van der Waals surface area contributed by atoms with Crippen LogP contribution in [-0.4, -0.2) is 42.8 Å². The minimum absolute atomic E-state index is 0.0297. The highest BCUT2D eigenvalue weighted by molar-refractivity contribution is 5.18. The number of benzene rings is 1. The van der Waals surface area contributed by atoms with Crippen molar-refractivity contribution in [2.75, 3.05) is 26.2 Å². The molecule has 1 N–H and O–H groups in total. The Hall–Kier alpha value is -0.900. The Bertz CT molecular complexity index is 418. The number of hydrogen-bond acceptors (Lipinski definition) is 3. The van der Waals surface area contributed by atoms with Crippen molar-refractivity contribution in [1.29, 1.82) is 0 Å². The van der Waals surface area contributed by atoms with Crippen LogP contribution in [0.2, 0.25) is 0 Å². The van der Waals surface area contributed by atoms with Gasteiger partial charge in [0.15, 0.2) is 0 Å². The molecule has 1 heterocycles. The maximum atomic E-state index is 5.99. The maximum Gasteiger partial charge on any atom is 0.0757 e. The van der Waals surface area contributed by atoms with E-state index in [9.17, 15) is 0 Å². The van der Waals surface area contributed by atoms with Crippen LogP contribution in [0.25, 0.3) is 0 Å². The molecule has 1 fully saturated rings. The van der Waals surface area contributed by atoms with Gasteiger partial charge >= 0.3 is 0 Å². The Morgan fingerprint density at radius 3 is 2.67 bits per heavy atom. The third-order valence-corrected chi connectivity index (χ3v) is 4.03. The summed E-state index contributed by atoms with van der Waals surface area (Å²) in [4.78, 5) is 2.54. The van der Waals surface area contributed by atoms with E-state index in [1.807, 2.05) is 0 Å². The van der Waals surface area contributed by atoms with Gasteiger partial charge in [0.25, 0.3) is 0 Å². The van der Waals surface area contributed by atoms with Gasteiger partial charge in [0.2, 0.25) is 0 Å². The third kappa shape index (κ3) is 5.10. The lowest BCUT2D eigenvalue weighted by Gasteiger charge is -2.42. The van der Waals surface area contributed by atoms with Gasteiger partial charge in [0.1, 0.15) is 0 Å². The Kier molecular flexibility index (Phi) is 5.80. The Balaban J connectivity index is 1.93. The van der Waals surface area contributed by atoms with Gasteiger partial charge in [-0.25, -0.2) is 0 Å². The van der Waals surface area contributed by atoms with E-state index in [0.29, 0.717) is 12.1 Å². The second-order valence-corrected chi connectivity index (χ2v) is 6.73. The van der Waals surface area contributed by atoms with Crippen LogP contribution in [0.5, 0.6) is 0 Å². The van der Waals surface area contributed by atoms with Crippen LogP contribution >= 0.6 is 0 Å². The van der Waals surface area contributed by atoms with Crippen molar-refractivity contribution in [3.8, 4) is 0 Å². The molecule has 118 valence electrons. The molecule has 0 aliphatic carbocycles. The van der Waals surface area contributed by atoms with Gasteiger partial charge in [-0.05, 0) is 39.3 Å². The van der Waals surface area contributed by atoms with Crippen LogP contribution in [0.15, 0.2) is 30.3 Å². The standard InChI is InChI=1S/C18H30N2O/c1-5-19-17(16-9-7-6-8-10-16)11-12-20-13-15(2)21-18(3,4)14-20/h6-10,15,17,19H,5,11-14H2,1-4H3. The van der Waals surface area contributed by atoms with Gasteiger partial charge in [0, 0.05) is 25.7 Å². The number of ether oxygens (including phenoxy) is 1. The fourth-order valence-corrected chi connectivity index (χ4v) is 3.39. The molecule has 0 aromatic heterocycles. The van der Waals surface area contributed by atoms with Crippen LogP contribution in [0.4, 0.5) is 0 Å². The van der Waals surface area contributed by atoms with E-state index < -0.39 is 0 Å². The summed E-state index contributed by atoms with van der Waals surface area (Å²) in [7, 11) is 0. The van der Waals surface area contributed by atoms with Gasteiger partial charge in [-0.2, -0.15) is 0 Å². The molecule has 0 saturated carbocycles. The average Bonchev–Trinajstić information content (AvgIpc) is 2.42. The fraction of sp³-hybridized carbons (Fsp3) is 0.667. The van der Waals surface area contributed by atoms with Crippen molar-refractivity contribution in [1.82, 2.24) is 10.2 Å². The highest BCUT2D eigenvalue weighted by Gasteiger charge is 2.31. The van der Waals surface area contributed by atoms with Crippen molar-refractivity contribution in [2.24, 2.45) is 0 Å². The van der Waals surface area contributed by atoms with E-state index in [-0.39, 0.29) is 5.60 Å². The Morgan fingerprint density at radius 1 is 1.33 bits per heavy atom. The van der Waals surface area contributed by atoms with Crippen LogP contribution in [0.3, 0.4) is 0 Å². The smallest absolute Gasteiger partial charge is 0.0757 e. The maximum absolute atomic E-state index is 5.99. The lowest BCUT2D eigenvalue weighted by molar-refractivity contribution is -0.129. The minimum atomic E-state index is -0.0297. The number of nitrogens with one attached hydrogen (secondary N) is 1. The van der Waals surface area contributed by atoms with Gasteiger partial charge < -0.3 is 10.1 Å². The average molecular weight is 290 g/mol. The van der Waals surface area contributed by atoms with Crippen molar-refractivity contribution in [2.45, 2.75) is 51.9 Å². The summed E-state index contributed by atoms with van der Waals surface area (Å²) in [6, 6.07) is 11.2. The first-order valence-corrected chi connectivity index (χ1v) is 8.18. The second kappa shape index (κ2) is 7.39. The summed E-state index contributed by atoms with van der Waals surface area (Å²) in [5.41, 5.74) is 1.36. The third-order valence-electron chi connectivity index (χ3n) is 4.03. The van der Waals surface area contributed by atoms with Crippen molar-refractivity contribution >= 4 is 0 Å². The molecule has 3 heteroatoms. The molecule has 21 heavy (non-hydrogen) atoms. The van der Waals surface area contributed by atoms with E-state index in [1.54, 1.807) is 0 Å². The Morgan fingerprint density at radius 2 is 2.05 bits per heavy atom. The van der Waals surface area contributed by atoms with Crippen LogP contribution < -0.4 is 5.32 Å². The molecule has 1 saturated heterocycles. The molecule has 2 rings (SSSR count). The molecule has 1 aliphatic rings. The monoisotopic (exact) mass is 290 g/mol. The first kappa shape index (κ1) is 16.5. The van der Waals surface area contributed by atoms with Crippen LogP contribution in [0, 0.1) is 0 Å². The van der Waals surface area contributed by atoms with Crippen LogP contribution in [0.1, 0.15) is 45.7 Å². The normalized spacial score (nSPS) is 23.9. The van der Waals surface area contributed by atoms with Gasteiger partial charge in [-0.3, -0.25) is 4.90 Å². The molecular weight excluding hydrogens is 260 g/mol. The quantitative estimate of drug-likeness (QED) is 0.870. The van der Waals surface area contributed by atoms with Crippen molar-refractivity contribution < 1.29 is 4.74 Å². The lowest BCUT2D eigenvalue weighted by Crippen LogP contribution is -2.52. The molecule has 1 aromatic rings. The highest BCUT2D eigenvalue weighted by Crippen LogP contribution is 2.23. The summed E-state index contributed by atoms with van der Waals surface area (Å²) in [5.74, 6) is 0. The Labute approximate surface area is 129 Å². The number of hydrogen-bond donors (Lipinski definition) is 1. The number of rotatable bonds is 6. The zero-order valence-corrected chi connectivity index (χ0v) is 13.9. The first-order valence-electron chi connectivity index (χ1n) is 8.18. The fourth-order valence-electron chi connectivity index (χ4n) is 3.39. The van der Waals surface area contributed by atoms with Gasteiger partial charge in [0.05, 0.1) is 11.7 Å². The SMILES string of the molecule is CCNC(CCN1CC(C)OC(C)(C)C1)c1ccccc1. The molecule has 1 aromatic carbocycles. The van der Waals surface area contributed by atoms with Crippen molar-refractivity contribution in [3.63, 3.8) is 0 Å². The van der Waals surface area contributed by atoms with Crippen molar-refractivity contribution in [3.05, 3.63) is 35.9 Å². The molecule has 1 aliphatic heterocycles. The predicted molar refractivity (Wildman–Crippen MR) is 88.5 cm³/mol. The van der Waals surface area contributed by atoms with E-state index in [1.165, 1.54) is 5.56 Å². The molecule has 2 atom stereocenters. The zero-order valence-electron chi connectivity index (χ0n) is 13.9. The molecule has 2 unspecified atom stereocenters. The zero-order chi connectivity index (χ0) is 15.3. The molecular formula is C18H30N2O. The first-order chi connectivity index (χ1) is 10.00. The summed E-state index contributed by atoms with van der Waals surface area (Å²) in [6.45, 7) is 12.9. The minimum Gasteiger partial charge on any atom is -0.370 e. The number of nitrogens with zero attached hydrogens (tertiary/aromatic N) is 1. The summed E-state index contributed by atoms with van der Waals surface area (Å²) < 4.78 is 5.99. The topological polar surface area (TPSA) is 24.5 Å². The second-order valence-electron chi connectivity index (χ2n) is 6.73. The molecule has 3 nitrogen and oxygen atoms in total. The largest absolute Gasteiger partial charge is 0.370 e. The van der Waals surface area contributed by atoms with Crippen LogP contribution in [-0.2, 0) is 4.74 Å². The van der Waals surface area contributed by atoms with E-state index in [2.05, 4.69) is 68.2 Å². The molecule has 0 amide bonds. The van der Waals surface area contributed by atoms with Gasteiger partial charge in [-0.1, -0.05) is 37.3 Å². The molecule has 0 radical (unpaired) electrons. The summed E-state index contributed by atoms with van der Waals surface area (Å²) >= 11 is 0. The van der Waals surface area contributed by atoms with E-state index in [0.717, 1.165) is 32.6 Å². The lowest BCUT2D eigenvalue weighted by atomic mass is 10.0. The van der Waals surface area contributed by atoms with E-state index in [4.69, 9.17) is 4.74 Å². The molecule has 0 spiro atoms. The highest BCUT2D eigenvalue weighted by atomic mass is 16.5.